The van der Waals surface area contributed by atoms with Gasteiger partial charge in [0.1, 0.15) is 12.1 Å². The summed E-state index contributed by atoms with van der Waals surface area (Å²) in [6.45, 7) is -0.544. The number of urea groups is 1. The van der Waals surface area contributed by atoms with E-state index in [2.05, 4.69) is 10.6 Å². The third-order valence-corrected chi connectivity index (χ3v) is 7.73. The molecule has 40 heavy (non-hydrogen) atoms. The van der Waals surface area contributed by atoms with E-state index in [0.717, 1.165) is 0 Å². The maximum absolute atomic E-state index is 13.2. The second kappa shape index (κ2) is 15.1. The fourth-order valence-electron chi connectivity index (χ4n) is 4.05. The summed E-state index contributed by atoms with van der Waals surface area (Å²) in [6.07, 6.45) is 0.0952. The summed E-state index contributed by atoms with van der Waals surface area (Å²) in [5.74, 6) is -1.10. The number of anilines is 1. The van der Waals surface area contributed by atoms with Crippen LogP contribution in [0.5, 0.6) is 0 Å². The summed E-state index contributed by atoms with van der Waals surface area (Å²) < 4.78 is 4.89. The first kappa shape index (κ1) is 31.5. The molecule has 2 aromatic carbocycles. The predicted octanol–water partition coefficient (Wildman–Crippen LogP) is 2.23. The molecule has 4 amide bonds. The summed E-state index contributed by atoms with van der Waals surface area (Å²) in [4.78, 5) is 53.9. The van der Waals surface area contributed by atoms with E-state index in [-0.39, 0.29) is 54.2 Å². The van der Waals surface area contributed by atoms with Crippen molar-refractivity contribution in [2.75, 3.05) is 50.4 Å². The standard InChI is InChI=1S/C26H30Cl2N4O7S/c1-39-25(37)20(30-23(35)21-14-40-15-32(21)26(38)31(9-11-33)10-12-34)13-16-5-7-17(8-6-16)29-24(36)22-18(27)3-2-4-19(22)28/h2-8,20-21,33-34H,9-15H2,1H3,(H,29,36)(H,30,35)/t20-,21+/m0/s1. The number of hydrogen-bond donors (Lipinski definition) is 4. The average molecular weight is 614 g/mol. The predicted molar refractivity (Wildman–Crippen MR) is 153 cm³/mol. The lowest BCUT2D eigenvalue weighted by Gasteiger charge is -2.30. The third kappa shape index (κ3) is 8.01. The SMILES string of the molecule is COC(=O)[C@H](Cc1ccc(NC(=O)c2c(Cl)cccc2Cl)cc1)NC(=O)[C@H]1CSCN1C(=O)N(CCO)CCO. The smallest absolute Gasteiger partial charge is 0.328 e. The van der Waals surface area contributed by atoms with Crippen LogP contribution in [-0.2, 0) is 20.7 Å². The first-order valence-electron chi connectivity index (χ1n) is 12.3. The molecule has 1 fully saturated rings. The number of amides is 4. The zero-order chi connectivity index (χ0) is 29.2. The third-order valence-electron chi connectivity index (χ3n) is 6.08. The van der Waals surface area contributed by atoms with Crippen LogP contribution in [0, 0.1) is 0 Å². The number of methoxy groups -OCH3 is 1. The number of halogens is 2. The number of benzene rings is 2. The second-order valence-electron chi connectivity index (χ2n) is 8.74. The molecular weight excluding hydrogens is 583 g/mol. The molecule has 2 aromatic rings. The highest BCUT2D eigenvalue weighted by Crippen LogP contribution is 2.26. The Morgan fingerprint density at radius 3 is 2.27 bits per heavy atom. The summed E-state index contributed by atoms with van der Waals surface area (Å²) in [7, 11) is 1.21. The zero-order valence-corrected chi connectivity index (χ0v) is 24.0. The molecule has 1 heterocycles. The van der Waals surface area contributed by atoms with E-state index in [9.17, 15) is 29.4 Å². The topological polar surface area (TPSA) is 149 Å². The molecule has 1 aliphatic heterocycles. The van der Waals surface area contributed by atoms with Crippen LogP contribution < -0.4 is 10.6 Å². The number of carbonyl (C=O) groups excluding carboxylic acids is 4. The van der Waals surface area contributed by atoms with Gasteiger partial charge in [0, 0.05) is 31.0 Å². The molecule has 0 spiro atoms. The van der Waals surface area contributed by atoms with E-state index in [0.29, 0.717) is 17.0 Å². The lowest BCUT2D eigenvalue weighted by atomic mass is 10.0. The Balaban J connectivity index is 1.67. The van der Waals surface area contributed by atoms with Crippen LogP contribution in [0.4, 0.5) is 10.5 Å². The van der Waals surface area contributed by atoms with Crippen molar-refractivity contribution in [3.63, 3.8) is 0 Å². The molecule has 0 aliphatic carbocycles. The number of hydrogen-bond acceptors (Lipinski definition) is 8. The van der Waals surface area contributed by atoms with E-state index >= 15 is 0 Å². The summed E-state index contributed by atoms with van der Waals surface area (Å²) in [5, 5.41) is 24.3. The normalized spacial score (nSPS) is 15.3. The number of nitrogens with one attached hydrogen (secondary N) is 2. The van der Waals surface area contributed by atoms with Gasteiger partial charge in [-0.1, -0.05) is 41.4 Å². The second-order valence-corrected chi connectivity index (χ2v) is 10.6. The van der Waals surface area contributed by atoms with Crippen LogP contribution in [0.1, 0.15) is 15.9 Å². The van der Waals surface area contributed by atoms with Crippen molar-refractivity contribution in [3.8, 4) is 0 Å². The van der Waals surface area contributed by atoms with E-state index in [4.69, 9.17) is 27.9 Å². The van der Waals surface area contributed by atoms with Crippen molar-refractivity contribution in [2.24, 2.45) is 0 Å². The molecule has 2 atom stereocenters. The highest BCUT2D eigenvalue weighted by molar-refractivity contribution is 7.99. The number of esters is 1. The molecule has 3 rings (SSSR count). The maximum Gasteiger partial charge on any atom is 0.328 e. The average Bonchev–Trinajstić information content (AvgIpc) is 3.43. The van der Waals surface area contributed by atoms with Gasteiger partial charge in [0.05, 0.1) is 41.8 Å². The Bertz CT molecular complexity index is 1190. The van der Waals surface area contributed by atoms with Crippen LogP contribution in [0.25, 0.3) is 0 Å². The molecule has 0 saturated carbocycles. The number of nitrogens with zero attached hydrogens (tertiary/aromatic N) is 2. The zero-order valence-electron chi connectivity index (χ0n) is 21.6. The van der Waals surface area contributed by atoms with Crippen molar-refractivity contribution in [2.45, 2.75) is 18.5 Å². The number of aliphatic hydroxyl groups is 2. The Kier molecular flexibility index (Phi) is 11.9. The minimum absolute atomic E-state index is 0.0154. The van der Waals surface area contributed by atoms with Gasteiger partial charge >= 0.3 is 12.0 Å². The Hall–Kier alpha value is -3.03. The van der Waals surface area contributed by atoms with E-state index < -0.39 is 35.9 Å². The number of ether oxygens (including phenoxy) is 1. The van der Waals surface area contributed by atoms with Crippen molar-refractivity contribution in [1.82, 2.24) is 15.1 Å². The highest BCUT2D eigenvalue weighted by atomic mass is 35.5. The van der Waals surface area contributed by atoms with Crippen molar-refractivity contribution >= 4 is 64.5 Å². The molecule has 11 nitrogen and oxygen atoms in total. The fourth-order valence-corrected chi connectivity index (χ4v) is 5.76. The van der Waals surface area contributed by atoms with Crippen molar-refractivity contribution in [1.29, 1.82) is 0 Å². The molecule has 1 aliphatic rings. The van der Waals surface area contributed by atoms with Crippen LogP contribution in [0.15, 0.2) is 42.5 Å². The highest BCUT2D eigenvalue weighted by Gasteiger charge is 2.38. The molecule has 1 saturated heterocycles. The molecule has 14 heteroatoms. The largest absolute Gasteiger partial charge is 0.467 e. The lowest BCUT2D eigenvalue weighted by Crippen LogP contribution is -2.55. The Labute approximate surface area is 245 Å². The summed E-state index contributed by atoms with van der Waals surface area (Å²) >= 11 is 13.6. The van der Waals surface area contributed by atoms with Gasteiger partial charge in [-0.15, -0.1) is 11.8 Å². The van der Waals surface area contributed by atoms with Gasteiger partial charge in [0.2, 0.25) is 5.91 Å². The number of aliphatic hydroxyl groups excluding tert-OH is 2. The summed E-state index contributed by atoms with van der Waals surface area (Å²) in [6, 6.07) is 9.04. The summed E-state index contributed by atoms with van der Waals surface area (Å²) in [5.41, 5.74) is 1.29. The number of thioether (sulfide) groups is 1. The molecule has 0 unspecified atom stereocenters. The van der Waals surface area contributed by atoms with E-state index in [1.54, 1.807) is 42.5 Å². The monoisotopic (exact) mass is 612 g/mol. The molecular formula is C26H30Cl2N4O7S. The number of rotatable bonds is 11. The first-order valence-corrected chi connectivity index (χ1v) is 14.2. The number of carbonyl (C=O) groups is 4. The molecule has 0 aromatic heterocycles. The molecule has 216 valence electrons. The molecule has 0 radical (unpaired) electrons. The van der Waals surface area contributed by atoms with Gasteiger partial charge in [-0.2, -0.15) is 0 Å². The lowest BCUT2D eigenvalue weighted by molar-refractivity contribution is -0.145. The van der Waals surface area contributed by atoms with E-state index in [1.165, 1.54) is 28.7 Å². The van der Waals surface area contributed by atoms with E-state index in [1.807, 2.05) is 0 Å². The van der Waals surface area contributed by atoms with Crippen LogP contribution in [0.2, 0.25) is 10.0 Å². The Morgan fingerprint density at radius 1 is 1.07 bits per heavy atom. The minimum Gasteiger partial charge on any atom is -0.467 e. The van der Waals surface area contributed by atoms with Gasteiger partial charge in [-0.05, 0) is 29.8 Å². The minimum atomic E-state index is -1.03. The van der Waals surface area contributed by atoms with Gasteiger partial charge in [0.15, 0.2) is 0 Å². The van der Waals surface area contributed by atoms with Crippen LogP contribution in [0.3, 0.4) is 0 Å². The van der Waals surface area contributed by atoms with Crippen LogP contribution >= 0.6 is 35.0 Å². The Morgan fingerprint density at radius 2 is 1.70 bits per heavy atom. The van der Waals surface area contributed by atoms with Crippen LogP contribution in [-0.4, -0.2) is 101 Å². The molecule has 0 bridgehead atoms. The fraction of sp³-hybridized carbons (Fsp3) is 0.385. The van der Waals surface area contributed by atoms with Crippen molar-refractivity contribution < 1.29 is 34.1 Å². The van der Waals surface area contributed by atoms with Gasteiger partial charge < -0.3 is 35.4 Å². The van der Waals surface area contributed by atoms with Gasteiger partial charge in [-0.25, -0.2) is 9.59 Å². The maximum atomic E-state index is 13.2. The van der Waals surface area contributed by atoms with Gasteiger partial charge in [-0.3, -0.25) is 9.59 Å². The quantitative estimate of drug-likeness (QED) is 0.282. The molecule has 4 N–H and O–H groups in total. The van der Waals surface area contributed by atoms with Crippen molar-refractivity contribution in [3.05, 3.63) is 63.6 Å². The first-order chi connectivity index (χ1) is 19.2. The van der Waals surface area contributed by atoms with Gasteiger partial charge in [0.25, 0.3) is 5.91 Å².